The van der Waals surface area contributed by atoms with Crippen LogP contribution >= 0.6 is 0 Å². The Morgan fingerprint density at radius 3 is 2.77 bits per heavy atom. The Hall–Kier alpha value is -2.81. The van der Waals surface area contributed by atoms with Gasteiger partial charge in [-0.25, -0.2) is 0 Å². The SMILES string of the molecule is CCN1CCC[C@@H](Nc2nnc(-c3c(C)cc(C(F)(F)F)cc3O)c3cccn23)C1. The summed E-state index contributed by atoms with van der Waals surface area (Å²) in [5.74, 6) is 0.108. The minimum absolute atomic E-state index is 0.241. The van der Waals surface area contributed by atoms with E-state index in [2.05, 4.69) is 27.3 Å². The number of aromatic nitrogens is 3. The van der Waals surface area contributed by atoms with Crippen LogP contribution < -0.4 is 5.32 Å². The average Bonchev–Trinajstić information content (AvgIpc) is 3.19. The van der Waals surface area contributed by atoms with Gasteiger partial charge in [0.1, 0.15) is 11.4 Å². The second kappa shape index (κ2) is 7.79. The molecule has 1 saturated heterocycles. The number of piperidine rings is 1. The maximum atomic E-state index is 13.1. The fraction of sp³-hybridized carbons (Fsp3) is 0.429. The molecule has 1 atom stereocenters. The van der Waals surface area contributed by atoms with Gasteiger partial charge in [0.05, 0.1) is 11.1 Å². The number of halogens is 3. The number of alkyl halides is 3. The molecule has 1 aliphatic heterocycles. The van der Waals surface area contributed by atoms with Crippen molar-refractivity contribution < 1.29 is 18.3 Å². The number of hydrogen-bond acceptors (Lipinski definition) is 5. The van der Waals surface area contributed by atoms with Crippen LogP contribution in [0.3, 0.4) is 0 Å². The van der Waals surface area contributed by atoms with E-state index in [0.717, 1.165) is 44.6 Å². The highest BCUT2D eigenvalue weighted by atomic mass is 19.4. The molecule has 2 N–H and O–H groups in total. The van der Waals surface area contributed by atoms with Crippen molar-refractivity contribution in [3.63, 3.8) is 0 Å². The molecule has 6 nitrogen and oxygen atoms in total. The number of nitrogens with one attached hydrogen (secondary N) is 1. The average molecular weight is 419 g/mol. The van der Waals surface area contributed by atoms with Gasteiger partial charge in [-0.05, 0) is 62.7 Å². The number of hydrogen-bond donors (Lipinski definition) is 2. The summed E-state index contributed by atoms with van der Waals surface area (Å²) in [6.07, 6.45) is -0.574. The van der Waals surface area contributed by atoms with Gasteiger partial charge in [0.2, 0.25) is 5.95 Å². The third kappa shape index (κ3) is 3.81. The number of aryl methyl sites for hydroxylation is 1. The van der Waals surface area contributed by atoms with Crippen molar-refractivity contribution in [3.05, 3.63) is 41.6 Å². The van der Waals surface area contributed by atoms with E-state index in [-0.39, 0.29) is 17.2 Å². The zero-order chi connectivity index (χ0) is 21.5. The number of benzene rings is 1. The summed E-state index contributed by atoms with van der Waals surface area (Å²) in [7, 11) is 0. The minimum Gasteiger partial charge on any atom is -0.507 e. The lowest BCUT2D eigenvalue weighted by Crippen LogP contribution is -2.42. The highest BCUT2D eigenvalue weighted by Gasteiger charge is 2.32. The maximum absolute atomic E-state index is 13.1. The van der Waals surface area contributed by atoms with E-state index < -0.39 is 17.5 Å². The molecular weight excluding hydrogens is 395 g/mol. The third-order valence-corrected chi connectivity index (χ3v) is 5.63. The van der Waals surface area contributed by atoms with E-state index in [1.165, 1.54) is 6.92 Å². The van der Waals surface area contributed by atoms with Gasteiger partial charge < -0.3 is 15.3 Å². The number of likely N-dealkylation sites (tertiary alicyclic amines) is 1. The molecular formula is C21H24F3N5O. The Kier molecular flexibility index (Phi) is 5.31. The van der Waals surface area contributed by atoms with E-state index >= 15 is 0 Å². The number of anilines is 1. The molecule has 1 fully saturated rings. The monoisotopic (exact) mass is 419 g/mol. The summed E-state index contributed by atoms with van der Waals surface area (Å²) < 4.78 is 41.0. The molecule has 0 unspecified atom stereocenters. The van der Waals surface area contributed by atoms with Gasteiger partial charge in [-0.2, -0.15) is 13.2 Å². The summed E-state index contributed by atoms with van der Waals surface area (Å²) >= 11 is 0. The van der Waals surface area contributed by atoms with Gasteiger partial charge >= 0.3 is 6.18 Å². The van der Waals surface area contributed by atoms with Crippen LogP contribution in [0.15, 0.2) is 30.5 Å². The number of fused-ring (bicyclic) bond motifs is 1. The number of nitrogens with zero attached hydrogens (tertiary/aromatic N) is 4. The first kappa shape index (κ1) is 20.5. The second-order valence-electron chi connectivity index (χ2n) is 7.70. The lowest BCUT2D eigenvalue weighted by molar-refractivity contribution is -0.137. The molecule has 30 heavy (non-hydrogen) atoms. The largest absolute Gasteiger partial charge is 0.507 e. The third-order valence-electron chi connectivity index (χ3n) is 5.63. The molecule has 0 spiro atoms. The number of likely N-dealkylation sites (N-methyl/N-ethyl adjacent to an activating group) is 1. The Balaban J connectivity index is 1.71. The normalized spacial score (nSPS) is 18.1. The lowest BCUT2D eigenvalue weighted by Gasteiger charge is -2.32. The summed E-state index contributed by atoms with van der Waals surface area (Å²) in [4.78, 5) is 2.37. The fourth-order valence-electron chi connectivity index (χ4n) is 4.12. The van der Waals surface area contributed by atoms with Crippen LogP contribution in [-0.4, -0.2) is 50.3 Å². The molecule has 160 valence electrons. The van der Waals surface area contributed by atoms with Crippen LogP contribution in [0.4, 0.5) is 19.1 Å². The Bertz CT molecular complexity index is 1040. The van der Waals surface area contributed by atoms with Gasteiger partial charge in [-0.1, -0.05) is 6.92 Å². The van der Waals surface area contributed by atoms with Crippen LogP contribution in [0.2, 0.25) is 0 Å². The quantitative estimate of drug-likeness (QED) is 0.659. The van der Waals surface area contributed by atoms with Crippen LogP contribution in [0.5, 0.6) is 5.75 Å². The number of phenolic OH excluding ortho intramolecular Hbond substituents is 1. The molecule has 2 aromatic heterocycles. The first-order valence-corrected chi connectivity index (χ1v) is 10.0. The summed E-state index contributed by atoms with van der Waals surface area (Å²) in [6, 6.07) is 5.62. The predicted molar refractivity (Wildman–Crippen MR) is 109 cm³/mol. The first-order valence-electron chi connectivity index (χ1n) is 10.0. The fourth-order valence-corrected chi connectivity index (χ4v) is 4.12. The molecule has 4 rings (SSSR count). The van der Waals surface area contributed by atoms with Crippen molar-refractivity contribution in [2.75, 3.05) is 25.0 Å². The smallest absolute Gasteiger partial charge is 0.416 e. The highest BCUT2D eigenvalue weighted by Crippen LogP contribution is 2.39. The molecule has 1 aromatic carbocycles. The predicted octanol–water partition coefficient (Wildman–Crippen LogP) is 4.33. The maximum Gasteiger partial charge on any atom is 0.416 e. The molecule has 0 aliphatic carbocycles. The Labute approximate surface area is 172 Å². The van der Waals surface area contributed by atoms with Crippen molar-refractivity contribution >= 4 is 11.5 Å². The van der Waals surface area contributed by atoms with Crippen molar-refractivity contribution in [2.45, 2.75) is 38.9 Å². The Morgan fingerprint density at radius 2 is 2.07 bits per heavy atom. The van der Waals surface area contributed by atoms with Gasteiger partial charge in [0, 0.05) is 24.3 Å². The first-order chi connectivity index (χ1) is 14.3. The lowest BCUT2D eigenvalue weighted by atomic mass is 10.00. The zero-order valence-electron chi connectivity index (χ0n) is 16.9. The van der Waals surface area contributed by atoms with Gasteiger partial charge in [0.25, 0.3) is 0 Å². The molecule has 0 radical (unpaired) electrons. The van der Waals surface area contributed by atoms with Crippen molar-refractivity contribution in [1.29, 1.82) is 0 Å². The van der Waals surface area contributed by atoms with E-state index in [9.17, 15) is 18.3 Å². The topological polar surface area (TPSA) is 65.7 Å². The van der Waals surface area contributed by atoms with Crippen LogP contribution in [0.25, 0.3) is 16.8 Å². The molecule has 0 bridgehead atoms. The van der Waals surface area contributed by atoms with Gasteiger partial charge in [-0.15, -0.1) is 10.2 Å². The van der Waals surface area contributed by atoms with E-state index in [1.807, 2.05) is 22.7 Å². The molecule has 3 heterocycles. The highest BCUT2D eigenvalue weighted by molar-refractivity contribution is 5.83. The molecule has 0 saturated carbocycles. The second-order valence-corrected chi connectivity index (χ2v) is 7.70. The van der Waals surface area contributed by atoms with Crippen LogP contribution in [0.1, 0.15) is 30.9 Å². The van der Waals surface area contributed by atoms with Crippen molar-refractivity contribution in [3.8, 4) is 17.0 Å². The van der Waals surface area contributed by atoms with Gasteiger partial charge in [-0.3, -0.25) is 4.40 Å². The molecule has 3 aromatic rings. The Morgan fingerprint density at radius 1 is 1.27 bits per heavy atom. The summed E-state index contributed by atoms with van der Waals surface area (Å²) in [6.45, 7) is 6.67. The van der Waals surface area contributed by atoms with Gasteiger partial charge in [0.15, 0.2) is 0 Å². The van der Waals surface area contributed by atoms with E-state index in [1.54, 1.807) is 0 Å². The van der Waals surface area contributed by atoms with E-state index in [0.29, 0.717) is 17.2 Å². The summed E-state index contributed by atoms with van der Waals surface area (Å²) in [5, 5.41) is 22.4. The molecule has 0 amide bonds. The molecule has 1 aliphatic rings. The minimum atomic E-state index is -4.53. The van der Waals surface area contributed by atoms with Crippen LogP contribution in [0, 0.1) is 6.92 Å². The number of phenols is 1. The molecule has 9 heteroatoms. The number of rotatable bonds is 4. The standard InChI is InChI=1S/C21H24F3N5O/c1-3-28-8-4-6-15(12-28)25-20-27-26-19(16-7-5-9-29(16)20)18-13(2)10-14(11-17(18)30)21(22,23)24/h5,7,9-11,15,30H,3-4,6,8,12H2,1-2H3,(H,25,27)/t15-/m1/s1. The van der Waals surface area contributed by atoms with Crippen molar-refractivity contribution in [2.24, 2.45) is 0 Å². The summed E-state index contributed by atoms with van der Waals surface area (Å²) in [5.41, 5.74) is 0.644. The van der Waals surface area contributed by atoms with E-state index in [4.69, 9.17) is 0 Å². The number of aromatic hydroxyl groups is 1. The van der Waals surface area contributed by atoms with Crippen molar-refractivity contribution in [1.82, 2.24) is 19.5 Å². The zero-order valence-corrected chi connectivity index (χ0v) is 16.9. The van der Waals surface area contributed by atoms with Crippen LogP contribution in [-0.2, 0) is 6.18 Å².